The highest BCUT2D eigenvalue weighted by atomic mass is 32.1. The fourth-order valence-corrected chi connectivity index (χ4v) is 11.7. The highest BCUT2D eigenvalue weighted by Gasteiger charge is 2.20. The number of thiophene rings is 2. The van der Waals surface area contributed by atoms with Crippen LogP contribution in [0.15, 0.2) is 217 Å². The number of rotatable bonds is 6. The van der Waals surface area contributed by atoms with Crippen molar-refractivity contribution in [2.45, 2.75) is 0 Å². The predicted molar refractivity (Wildman–Crippen MR) is 268 cm³/mol. The highest BCUT2D eigenvalue weighted by Crippen LogP contribution is 2.46. The van der Waals surface area contributed by atoms with E-state index in [0.29, 0.717) is 0 Å². The van der Waals surface area contributed by atoms with E-state index in [-0.39, 0.29) is 0 Å². The molecule has 62 heavy (non-hydrogen) atoms. The summed E-state index contributed by atoms with van der Waals surface area (Å²) in [6, 6.07) is 77.4. The molecule has 0 aliphatic carbocycles. The molecule has 3 aromatic heterocycles. The van der Waals surface area contributed by atoms with E-state index in [9.17, 15) is 0 Å². The van der Waals surface area contributed by atoms with Crippen molar-refractivity contribution in [3.8, 4) is 33.4 Å². The van der Waals surface area contributed by atoms with Gasteiger partial charge in [0.15, 0.2) is 0 Å². The third-order valence-corrected chi connectivity index (χ3v) is 14.8. The molecule has 4 heteroatoms. The zero-order valence-electron chi connectivity index (χ0n) is 33.4. The quantitative estimate of drug-likeness (QED) is 0.166. The lowest BCUT2D eigenvalue weighted by molar-refractivity contribution is 0.674. The van der Waals surface area contributed by atoms with Crippen LogP contribution in [0.1, 0.15) is 0 Å². The van der Waals surface area contributed by atoms with Crippen molar-refractivity contribution in [3.05, 3.63) is 212 Å². The largest absolute Gasteiger partial charge is 0.455 e. The number of fused-ring (bicyclic) bond motifs is 11. The molecule has 2 nitrogen and oxygen atoms in total. The Balaban J connectivity index is 0.947. The number of furan rings is 1. The SMILES string of the molecule is c1ccc(-c2ccc(N(c3ccc(-c4cccc5ccccc45)cc3)c3ccc4sc5ccc(-c6cccc7c6oc6c7ccc7sc8ccccc8c76)cc5c4c3)cc2)cc1. The summed E-state index contributed by atoms with van der Waals surface area (Å²) in [5.41, 5.74) is 12.3. The maximum absolute atomic E-state index is 6.94. The molecule has 10 aromatic carbocycles. The minimum absolute atomic E-state index is 0.932. The normalized spacial score (nSPS) is 11.9. The molecule has 0 fully saturated rings. The smallest absolute Gasteiger partial charge is 0.144 e. The second kappa shape index (κ2) is 14.0. The van der Waals surface area contributed by atoms with Crippen molar-refractivity contribution in [1.82, 2.24) is 0 Å². The fourth-order valence-electron chi connectivity index (χ4n) is 9.51. The van der Waals surface area contributed by atoms with Gasteiger partial charge in [-0.05, 0) is 111 Å². The van der Waals surface area contributed by atoms with Crippen LogP contribution in [-0.4, -0.2) is 0 Å². The molecule has 0 saturated heterocycles. The van der Waals surface area contributed by atoms with E-state index in [2.05, 4.69) is 217 Å². The summed E-state index contributed by atoms with van der Waals surface area (Å²) in [6.07, 6.45) is 0. The van der Waals surface area contributed by atoms with Crippen LogP contribution in [0.5, 0.6) is 0 Å². The van der Waals surface area contributed by atoms with Crippen molar-refractivity contribution in [3.63, 3.8) is 0 Å². The molecular weight excluding hydrogens is 791 g/mol. The number of hydrogen-bond acceptors (Lipinski definition) is 4. The Kier molecular flexibility index (Phi) is 7.99. The molecule has 0 spiro atoms. The van der Waals surface area contributed by atoms with E-state index >= 15 is 0 Å². The summed E-state index contributed by atoms with van der Waals surface area (Å²) in [7, 11) is 0. The monoisotopic (exact) mass is 825 g/mol. The zero-order chi connectivity index (χ0) is 40.7. The Morgan fingerprint density at radius 3 is 1.69 bits per heavy atom. The van der Waals surface area contributed by atoms with Crippen LogP contribution < -0.4 is 4.90 Å². The van der Waals surface area contributed by atoms with Crippen LogP contribution >= 0.6 is 22.7 Å². The lowest BCUT2D eigenvalue weighted by Gasteiger charge is -2.26. The number of para-hydroxylation sites is 1. The van der Waals surface area contributed by atoms with E-state index in [0.717, 1.165) is 50.1 Å². The van der Waals surface area contributed by atoms with Crippen LogP contribution in [0, 0.1) is 0 Å². The Labute approximate surface area is 365 Å². The molecule has 0 aliphatic heterocycles. The second-order valence-electron chi connectivity index (χ2n) is 16.0. The summed E-state index contributed by atoms with van der Waals surface area (Å²) in [4.78, 5) is 2.39. The van der Waals surface area contributed by atoms with E-state index in [1.165, 1.54) is 73.4 Å². The number of benzene rings is 10. The maximum Gasteiger partial charge on any atom is 0.144 e. The minimum Gasteiger partial charge on any atom is -0.455 e. The van der Waals surface area contributed by atoms with Gasteiger partial charge in [0.2, 0.25) is 0 Å². The van der Waals surface area contributed by atoms with Crippen LogP contribution in [0.25, 0.3) is 106 Å². The van der Waals surface area contributed by atoms with E-state index in [1.807, 2.05) is 22.7 Å². The lowest BCUT2D eigenvalue weighted by Crippen LogP contribution is -2.09. The topological polar surface area (TPSA) is 16.4 Å². The van der Waals surface area contributed by atoms with Crippen LogP contribution in [-0.2, 0) is 0 Å². The molecule has 0 aliphatic rings. The second-order valence-corrected chi connectivity index (χ2v) is 18.2. The molecule has 13 rings (SSSR count). The average Bonchev–Trinajstić information content (AvgIpc) is 4.03. The van der Waals surface area contributed by atoms with Gasteiger partial charge in [-0.2, -0.15) is 0 Å². The highest BCUT2D eigenvalue weighted by molar-refractivity contribution is 7.26. The first-order valence-electron chi connectivity index (χ1n) is 21.0. The van der Waals surface area contributed by atoms with Gasteiger partial charge in [-0.15, -0.1) is 22.7 Å². The molecule has 0 N–H and O–H groups in total. The first-order chi connectivity index (χ1) is 30.7. The molecule has 0 radical (unpaired) electrons. The third kappa shape index (κ3) is 5.61. The Morgan fingerprint density at radius 2 is 0.855 bits per heavy atom. The lowest BCUT2D eigenvalue weighted by atomic mass is 9.98. The first-order valence-corrected chi connectivity index (χ1v) is 22.6. The van der Waals surface area contributed by atoms with Crippen molar-refractivity contribution in [2.24, 2.45) is 0 Å². The molecule has 0 saturated carbocycles. The first kappa shape index (κ1) is 35.3. The van der Waals surface area contributed by atoms with E-state index in [1.54, 1.807) is 0 Å². The number of nitrogens with zero attached hydrogens (tertiary/aromatic N) is 1. The van der Waals surface area contributed by atoms with Gasteiger partial charge in [-0.3, -0.25) is 0 Å². The molecule has 3 heterocycles. The van der Waals surface area contributed by atoms with Gasteiger partial charge in [0.05, 0.1) is 0 Å². The molecule has 13 aromatic rings. The van der Waals surface area contributed by atoms with Crippen molar-refractivity contribution >= 4 is 113 Å². The summed E-state index contributed by atoms with van der Waals surface area (Å²) in [6.45, 7) is 0. The van der Waals surface area contributed by atoms with Crippen LogP contribution in [0.2, 0.25) is 0 Å². The Hall–Kier alpha value is -7.50. The summed E-state index contributed by atoms with van der Waals surface area (Å²) < 4.78 is 12.0. The summed E-state index contributed by atoms with van der Waals surface area (Å²) >= 11 is 3.68. The Morgan fingerprint density at radius 1 is 0.306 bits per heavy atom. The van der Waals surface area contributed by atoms with Gasteiger partial charge in [-0.25, -0.2) is 0 Å². The Bertz CT molecular complexity index is 3850. The predicted octanol–water partition coefficient (Wildman–Crippen LogP) is 17.9. The van der Waals surface area contributed by atoms with Crippen LogP contribution in [0.4, 0.5) is 17.1 Å². The molecule has 0 amide bonds. The minimum atomic E-state index is 0.932. The van der Waals surface area contributed by atoms with Crippen molar-refractivity contribution in [2.75, 3.05) is 4.90 Å². The van der Waals surface area contributed by atoms with Gasteiger partial charge in [0, 0.05) is 73.7 Å². The average molecular weight is 826 g/mol. The van der Waals surface area contributed by atoms with Gasteiger partial charge < -0.3 is 9.32 Å². The van der Waals surface area contributed by atoms with Gasteiger partial charge in [-0.1, -0.05) is 140 Å². The maximum atomic E-state index is 6.94. The molecule has 290 valence electrons. The van der Waals surface area contributed by atoms with Gasteiger partial charge >= 0.3 is 0 Å². The molecule has 0 bridgehead atoms. The van der Waals surface area contributed by atoms with Gasteiger partial charge in [0.1, 0.15) is 11.2 Å². The zero-order valence-corrected chi connectivity index (χ0v) is 35.0. The van der Waals surface area contributed by atoms with E-state index < -0.39 is 0 Å². The van der Waals surface area contributed by atoms with E-state index in [4.69, 9.17) is 4.42 Å². The van der Waals surface area contributed by atoms with Crippen molar-refractivity contribution in [1.29, 1.82) is 0 Å². The van der Waals surface area contributed by atoms with Gasteiger partial charge in [0.25, 0.3) is 0 Å². The summed E-state index contributed by atoms with van der Waals surface area (Å²) in [5, 5.41) is 9.76. The van der Waals surface area contributed by atoms with Crippen molar-refractivity contribution < 1.29 is 4.42 Å². The standard InChI is InChI=1S/C58H35NOS2/c1-2-10-36(11-3-1)37-20-25-41(26-21-37)59(42-27-22-39(23-28-42)45-16-8-13-38-12-4-5-14-44(38)45)43-29-32-54-51(35-43)50-34-40(24-31-53(50)61-54)46-17-9-18-47-48-30-33-55-56(58(48)60-57(46)47)49-15-6-7-19-52(49)62-55/h1-35H. The molecule has 0 atom stereocenters. The number of anilines is 3. The van der Waals surface area contributed by atoms with Crippen LogP contribution in [0.3, 0.4) is 0 Å². The molecule has 0 unspecified atom stereocenters. The summed E-state index contributed by atoms with van der Waals surface area (Å²) in [5.74, 6) is 0. The third-order valence-electron chi connectivity index (χ3n) is 12.5. The number of hydrogen-bond donors (Lipinski definition) is 0. The molecular formula is C58H35NOS2. The fraction of sp³-hybridized carbons (Fsp3) is 0.